The van der Waals surface area contributed by atoms with Gasteiger partial charge in [-0.3, -0.25) is 4.90 Å². The third-order valence-electron chi connectivity index (χ3n) is 2.56. The van der Waals surface area contributed by atoms with E-state index in [1.54, 1.807) is 11.3 Å². The second kappa shape index (κ2) is 4.28. The molecule has 0 bridgehead atoms. The predicted molar refractivity (Wildman–Crippen MR) is 60.9 cm³/mol. The molecule has 0 aliphatic carbocycles. The van der Waals surface area contributed by atoms with Crippen LogP contribution < -0.4 is 5.32 Å². The Labute approximate surface area is 89.1 Å². The van der Waals surface area contributed by atoms with E-state index in [9.17, 15) is 0 Å². The highest BCUT2D eigenvalue weighted by atomic mass is 32.1. The molecule has 0 fully saturated rings. The molecule has 0 aromatic carbocycles. The van der Waals surface area contributed by atoms with E-state index >= 15 is 0 Å². The second-order valence-corrected chi connectivity index (χ2v) is 4.75. The van der Waals surface area contributed by atoms with Crippen molar-refractivity contribution < 1.29 is 0 Å². The van der Waals surface area contributed by atoms with Crippen molar-refractivity contribution in [2.75, 3.05) is 25.5 Å². The molecule has 0 atom stereocenters. The van der Waals surface area contributed by atoms with Crippen molar-refractivity contribution in [2.45, 2.75) is 26.3 Å². The number of nitrogens with zero attached hydrogens (tertiary/aromatic N) is 2. The van der Waals surface area contributed by atoms with Gasteiger partial charge in [-0.05, 0) is 13.0 Å². The van der Waals surface area contributed by atoms with E-state index in [4.69, 9.17) is 0 Å². The number of aromatic nitrogens is 1. The minimum absolute atomic E-state index is 1.06. The van der Waals surface area contributed by atoms with Crippen LogP contribution >= 0.6 is 11.3 Å². The fourth-order valence-electron chi connectivity index (χ4n) is 1.86. The number of anilines is 1. The van der Waals surface area contributed by atoms with Crippen LogP contribution in [0, 0.1) is 0 Å². The minimum atomic E-state index is 1.06. The highest BCUT2D eigenvalue weighted by Crippen LogP contribution is 2.27. The quantitative estimate of drug-likeness (QED) is 0.828. The number of hydrogen-bond acceptors (Lipinski definition) is 4. The Hall–Kier alpha value is -0.610. The first-order valence-electron chi connectivity index (χ1n) is 5.22. The van der Waals surface area contributed by atoms with Crippen LogP contribution in [-0.4, -0.2) is 30.0 Å². The Morgan fingerprint density at radius 2 is 2.43 bits per heavy atom. The van der Waals surface area contributed by atoms with Crippen molar-refractivity contribution in [3.8, 4) is 0 Å². The lowest BCUT2D eigenvalue weighted by Crippen LogP contribution is -2.30. The smallest absolute Gasteiger partial charge is 0.182 e. The zero-order valence-electron chi connectivity index (χ0n) is 8.84. The van der Waals surface area contributed by atoms with E-state index in [1.807, 2.05) is 7.05 Å². The lowest BCUT2D eigenvalue weighted by Gasteiger charge is -2.24. The average Bonchev–Trinajstić information content (AvgIpc) is 2.60. The van der Waals surface area contributed by atoms with Gasteiger partial charge in [-0.1, -0.05) is 6.92 Å². The summed E-state index contributed by atoms with van der Waals surface area (Å²) in [5.74, 6) is 0. The van der Waals surface area contributed by atoms with Gasteiger partial charge in [0.1, 0.15) is 0 Å². The molecule has 1 N–H and O–H groups in total. The standard InChI is InChI=1S/C10H17N3S/c1-3-5-13-6-4-8-9(7-13)14-10(11-2)12-8/h3-7H2,1-2H3,(H,11,12). The van der Waals surface area contributed by atoms with Gasteiger partial charge in [0.25, 0.3) is 0 Å². The lowest BCUT2D eigenvalue weighted by atomic mass is 10.2. The number of thiazole rings is 1. The summed E-state index contributed by atoms with van der Waals surface area (Å²) in [7, 11) is 1.94. The highest BCUT2D eigenvalue weighted by Gasteiger charge is 2.19. The fourth-order valence-corrected chi connectivity index (χ4v) is 2.87. The van der Waals surface area contributed by atoms with Gasteiger partial charge in [0.15, 0.2) is 5.13 Å². The average molecular weight is 211 g/mol. The molecule has 0 radical (unpaired) electrons. The van der Waals surface area contributed by atoms with Crippen LogP contribution in [0.15, 0.2) is 0 Å². The molecule has 14 heavy (non-hydrogen) atoms. The number of nitrogens with one attached hydrogen (secondary N) is 1. The topological polar surface area (TPSA) is 28.2 Å². The number of hydrogen-bond donors (Lipinski definition) is 1. The molecule has 1 aliphatic heterocycles. The predicted octanol–water partition coefficient (Wildman–Crippen LogP) is 1.95. The summed E-state index contributed by atoms with van der Waals surface area (Å²) >= 11 is 1.80. The molecular weight excluding hydrogens is 194 g/mol. The van der Waals surface area contributed by atoms with Gasteiger partial charge >= 0.3 is 0 Å². The second-order valence-electron chi connectivity index (χ2n) is 3.67. The normalized spacial score (nSPS) is 16.7. The lowest BCUT2D eigenvalue weighted by molar-refractivity contribution is 0.256. The van der Waals surface area contributed by atoms with E-state index in [-0.39, 0.29) is 0 Å². The Morgan fingerprint density at radius 1 is 1.57 bits per heavy atom. The van der Waals surface area contributed by atoms with Crippen molar-refractivity contribution in [1.82, 2.24) is 9.88 Å². The first-order valence-corrected chi connectivity index (χ1v) is 6.03. The molecule has 0 amide bonds. The highest BCUT2D eigenvalue weighted by molar-refractivity contribution is 7.15. The summed E-state index contributed by atoms with van der Waals surface area (Å²) in [6, 6.07) is 0. The summed E-state index contributed by atoms with van der Waals surface area (Å²) in [6.45, 7) is 5.73. The van der Waals surface area contributed by atoms with E-state index in [2.05, 4.69) is 22.1 Å². The van der Waals surface area contributed by atoms with Crippen molar-refractivity contribution in [3.05, 3.63) is 10.6 Å². The molecule has 1 aromatic heterocycles. The largest absolute Gasteiger partial charge is 0.365 e. The Bertz CT molecular complexity index is 308. The van der Waals surface area contributed by atoms with Crippen molar-refractivity contribution in [3.63, 3.8) is 0 Å². The van der Waals surface area contributed by atoms with Crippen LogP contribution in [0.2, 0.25) is 0 Å². The van der Waals surface area contributed by atoms with Crippen LogP contribution in [0.1, 0.15) is 23.9 Å². The molecule has 0 saturated heterocycles. The summed E-state index contributed by atoms with van der Waals surface area (Å²) in [6.07, 6.45) is 2.36. The molecule has 2 rings (SSSR count). The van der Waals surface area contributed by atoms with Gasteiger partial charge in [0.2, 0.25) is 0 Å². The molecule has 4 heteroatoms. The maximum absolute atomic E-state index is 4.54. The molecule has 1 aromatic rings. The Balaban J connectivity index is 2.09. The fraction of sp³-hybridized carbons (Fsp3) is 0.700. The zero-order chi connectivity index (χ0) is 9.97. The van der Waals surface area contributed by atoms with Crippen LogP contribution in [0.25, 0.3) is 0 Å². The van der Waals surface area contributed by atoms with E-state index in [1.165, 1.54) is 30.1 Å². The first-order chi connectivity index (χ1) is 6.83. The van der Waals surface area contributed by atoms with Crippen molar-refractivity contribution in [1.29, 1.82) is 0 Å². The van der Waals surface area contributed by atoms with Crippen LogP contribution in [0.4, 0.5) is 5.13 Å². The minimum Gasteiger partial charge on any atom is -0.365 e. The first kappa shape index (κ1) is 9.93. The molecule has 2 heterocycles. The van der Waals surface area contributed by atoms with Gasteiger partial charge in [-0.15, -0.1) is 11.3 Å². The molecule has 3 nitrogen and oxygen atoms in total. The third kappa shape index (κ3) is 1.91. The van der Waals surface area contributed by atoms with E-state index in [0.29, 0.717) is 0 Å². The van der Waals surface area contributed by atoms with Gasteiger partial charge in [-0.2, -0.15) is 0 Å². The summed E-state index contributed by atoms with van der Waals surface area (Å²) in [5, 5.41) is 4.18. The van der Waals surface area contributed by atoms with E-state index < -0.39 is 0 Å². The van der Waals surface area contributed by atoms with Crippen molar-refractivity contribution in [2.24, 2.45) is 0 Å². The molecule has 1 aliphatic rings. The number of fused-ring (bicyclic) bond motifs is 1. The van der Waals surface area contributed by atoms with E-state index in [0.717, 1.165) is 18.1 Å². The summed E-state index contributed by atoms with van der Waals surface area (Å²) in [4.78, 5) is 8.51. The summed E-state index contributed by atoms with van der Waals surface area (Å²) in [5.41, 5.74) is 1.31. The molecular formula is C10H17N3S. The van der Waals surface area contributed by atoms with Gasteiger partial charge < -0.3 is 5.32 Å². The summed E-state index contributed by atoms with van der Waals surface area (Å²) < 4.78 is 0. The monoisotopic (exact) mass is 211 g/mol. The maximum Gasteiger partial charge on any atom is 0.182 e. The van der Waals surface area contributed by atoms with Crippen LogP contribution in [-0.2, 0) is 13.0 Å². The number of rotatable bonds is 3. The molecule has 0 saturated carbocycles. The molecule has 78 valence electrons. The molecule has 0 unspecified atom stereocenters. The maximum atomic E-state index is 4.54. The Morgan fingerprint density at radius 3 is 3.14 bits per heavy atom. The van der Waals surface area contributed by atoms with Gasteiger partial charge in [-0.25, -0.2) is 4.98 Å². The third-order valence-corrected chi connectivity index (χ3v) is 3.66. The van der Waals surface area contributed by atoms with Gasteiger partial charge in [0, 0.05) is 31.4 Å². The Kier molecular flexibility index (Phi) is 3.03. The van der Waals surface area contributed by atoms with Crippen LogP contribution in [0.3, 0.4) is 0 Å². The zero-order valence-corrected chi connectivity index (χ0v) is 9.65. The molecule has 0 spiro atoms. The van der Waals surface area contributed by atoms with Gasteiger partial charge in [0.05, 0.1) is 5.69 Å². The van der Waals surface area contributed by atoms with Crippen LogP contribution in [0.5, 0.6) is 0 Å². The van der Waals surface area contributed by atoms with Crippen molar-refractivity contribution >= 4 is 16.5 Å². The SMILES string of the molecule is CCCN1CCc2nc(NC)sc2C1.